The third-order valence-electron chi connectivity index (χ3n) is 4.30. The molecule has 2 aromatic carbocycles. The molecule has 0 aromatic heterocycles. The van der Waals surface area contributed by atoms with Crippen molar-refractivity contribution < 1.29 is 8.42 Å². The lowest BCUT2D eigenvalue weighted by Crippen LogP contribution is -2.22. The van der Waals surface area contributed by atoms with Crippen molar-refractivity contribution in [1.29, 1.82) is 0 Å². The van der Waals surface area contributed by atoms with Crippen LogP contribution in [0.1, 0.15) is 30.5 Å². The van der Waals surface area contributed by atoms with Gasteiger partial charge in [-0.3, -0.25) is 4.72 Å². The second-order valence-corrected chi connectivity index (χ2v) is 9.97. The smallest absolute Gasteiger partial charge is 0.235 e. The Bertz CT molecular complexity index is 860. The third-order valence-corrected chi connectivity index (χ3v) is 7.34. The van der Waals surface area contributed by atoms with Crippen LogP contribution in [0, 0.1) is 6.92 Å². The average Bonchev–Trinajstić information content (AvgIpc) is 3.03. The summed E-state index contributed by atoms with van der Waals surface area (Å²) in [5.74, 6) is 1.17. The zero-order chi connectivity index (χ0) is 18.0. The van der Waals surface area contributed by atoms with Crippen molar-refractivity contribution in [2.24, 2.45) is 0 Å². The molecule has 25 heavy (non-hydrogen) atoms. The second kappa shape index (κ2) is 7.30. The zero-order valence-corrected chi connectivity index (χ0v) is 16.4. The summed E-state index contributed by atoms with van der Waals surface area (Å²) >= 11 is 1.94. The minimum absolute atomic E-state index is 0.449. The summed E-state index contributed by atoms with van der Waals surface area (Å²) in [6, 6.07) is 11.9. The molecule has 1 aliphatic rings. The molecular weight excluding hydrogens is 352 g/mol. The molecule has 0 unspecified atom stereocenters. The van der Waals surface area contributed by atoms with Crippen molar-refractivity contribution in [2.45, 2.75) is 43.9 Å². The summed E-state index contributed by atoms with van der Waals surface area (Å²) in [5.41, 5.74) is 5.62. The van der Waals surface area contributed by atoms with E-state index in [1.54, 1.807) is 13.8 Å². The number of sulfonamides is 1. The second-order valence-electron chi connectivity index (χ2n) is 6.63. The molecule has 0 saturated heterocycles. The Morgan fingerprint density at radius 2 is 1.84 bits per heavy atom. The van der Waals surface area contributed by atoms with E-state index in [2.05, 4.69) is 29.1 Å². The van der Waals surface area contributed by atoms with Crippen LogP contribution >= 0.6 is 11.8 Å². The van der Waals surface area contributed by atoms with Gasteiger partial charge in [0.25, 0.3) is 0 Å². The Hall–Kier alpha value is -1.66. The van der Waals surface area contributed by atoms with Gasteiger partial charge in [-0.2, -0.15) is 0 Å². The van der Waals surface area contributed by atoms with Gasteiger partial charge < -0.3 is 5.32 Å². The van der Waals surface area contributed by atoms with Crippen LogP contribution in [0.5, 0.6) is 0 Å². The Morgan fingerprint density at radius 1 is 1.12 bits per heavy atom. The Labute approximate surface area is 154 Å². The van der Waals surface area contributed by atoms with Crippen molar-refractivity contribution in [1.82, 2.24) is 0 Å². The van der Waals surface area contributed by atoms with Crippen molar-refractivity contribution in [3.05, 3.63) is 53.1 Å². The molecule has 1 aliphatic heterocycles. The number of hydrogen-bond donors (Lipinski definition) is 2. The van der Waals surface area contributed by atoms with E-state index in [1.165, 1.54) is 21.8 Å². The van der Waals surface area contributed by atoms with Gasteiger partial charge in [-0.1, -0.05) is 12.1 Å². The number of nitrogens with one attached hydrogen (secondary N) is 2. The van der Waals surface area contributed by atoms with E-state index in [9.17, 15) is 8.42 Å². The fraction of sp³-hybridized carbons (Fsp3) is 0.368. The Balaban J connectivity index is 1.64. The summed E-state index contributed by atoms with van der Waals surface area (Å²) in [7, 11) is -3.30. The first kappa shape index (κ1) is 18.1. The lowest BCUT2D eigenvalue weighted by atomic mass is 10.1. The lowest BCUT2D eigenvalue weighted by Gasteiger charge is -2.13. The van der Waals surface area contributed by atoms with Gasteiger partial charge in [0, 0.05) is 28.6 Å². The molecule has 4 nitrogen and oxygen atoms in total. The first-order valence-electron chi connectivity index (χ1n) is 8.46. The largest absolute Gasteiger partial charge is 0.381 e. The molecule has 2 N–H and O–H groups in total. The van der Waals surface area contributed by atoms with Crippen LogP contribution < -0.4 is 10.0 Å². The van der Waals surface area contributed by atoms with E-state index in [1.807, 2.05) is 36.0 Å². The molecule has 0 atom stereocenters. The fourth-order valence-corrected chi connectivity index (χ4v) is 4.64. The molecule has 0 spiro atoms. The van der Waals surface area contributed by atoms with Gasteiger partial charge in [0.1, 0.15) is 0 Å². The first-order valence-corrected chi connectivity index (χ1v) is 11.0. The normalized spacial score (nSPS) is 13.8. The van der Waals surface area contributed by atoms with E-state index in [-0.39, 0.29) is 0 Å². The highest BCUT2D eigenvalue weighted by Crippen LogP contribution is 2.36. The van der Waals surface area contributed by atoms with Crippen LogP contribution in [0.15, 0.2) is 41.3 Å². The van der Waals surface area contributed by atoms with Crippen LogP contribution in [0.2, 0.25) is 0 Å². The highest BCUT2D eigenvalue weighted by Gasteiger charge is 2.16. The standard InChI is InChI=1S/C19H24N2O2S2/c1-13(2)25(22,23)21-17-6-4-15(5-7-17)12-20-18-10-14(3)19-16(11-18)8-9-24-19/h4-7,10-11,13,20-21H,8-9,12H2,1-3H3. The van der Waals surface area contributed by atoms with E-state index < -0.39 is 15.3 Å². The number of hydrogen-bond acceptors (Lipinski definition) is 4. The van der Waals surface area contributed by atoms with Crippen molar-refractivity contribution in [3.63, 3.8) is 0 Å². The number of aryl methyl sites for hydroxylation is 2. The molecule has 0 aliphatic carbocycles. The minimum atomic E-state index is -3.30. The molecule has 3 rings (SSSR count). The van der Waals surface area contributed by atoms with E-state index in [0.717, 1.165) is 17.7 Å². The summed E-state index contributed by atoms with van der Waals surface area (Å²) in [5, 5.41) is 3.02. The van der Waals surface area contributed by atoms with Crippen LogP contribution in [0.25, 0.3) is 0 Å². The minimum Gasteiger partial charge on any atom is -0.381 e. The molecule has 0 radical (unpaired) electrons. The van der Waals surface area contributed by atoms with Crippen LogP contribution in [-0.4, -0.2) is 19.4 Å². The molecule has 1 heterocycles. The van der Waals surface area contributed by atoms with Crippen molar-refractivity contribution in [3.8, 4) is 0 Å². The van der Waals surface area contributed by atoms with Crippen molar-refractivity contribution >= 4 is 33.2 Å². The number of benzene rings is 2. The molecule has 0 saturated carbocycles. The predicted octanol–water partition coefficient (Wildman–Crippen LogP) is 4.41. The molecule has 134 valence electrons. The summed E-state index contributed by atoms with van der Waals surface area (Å²) in [6.45, 7) is 6.20. The Kier molecular flexibility index (Phi) is 5.29. The SMILES string of the molecule is Cc1cc(NCc2ccc(NS(=O)(=O)C(C)C)cc2)cc2c1SCC2. The maximum absolute atomic E-state index is 11.9. The highest BCUT2D eigenvalue weighted by atomic mass is 32.2. The fourth-order valence-electron chi connectivity index (χ4n) is 2.78. The average molecular weight is 377 g/mol. The van der Waals surface area contributed by atoms with Gasteiger partial charge in [0.15, 0.2) is 0 Å². The molecular formula is C19H24N2O2S2. The number of rotatable bonds is 6. The van der Waals surface area contributed by atoms with Crippen LogP contribution in [0.4, 0.5) is 11.4 Å². The molecule has 6 heteroatoms. The summed E-state index contributed by atoms with van der Waals surface area (Å²) < 4.78 is 26.4. The summed E-state index contributed by atoms with van der Waals surface area (Å²) in [6.07, 6.45) is 1.14. The third kappa shape index (κ3) is 4.30. The predicted molar refractivity (Wildman–Crippen MR) is 107 cm³/mol. The van der Waals surface area contributed by atoms with Gasteiger partial charge in [-0.15, -0.1) is 11.8 Å². The summed E-state index contributed by atoms with van der Waals surface area (Å²) in [4.78, 5) is 1.44. The zero-order valence-electron chi connectivity index (χ0n) is 14.8. The van der Waals surface area contributed by atoms with Gasteiger partial charge in [-0.05, 0) is 68.1 Å². The monoisotopic (exact) mass is 376 g/mol. The van der Waals surface area contributed by atoms with Gasteiger partial charge in [-0.25, -0.2) is 8.42 Å². The molecule has 0 amide bonds. The van der Waals surface area contributed by atoms with E-state index >= 15 is 0 Å². The Morgan fingerprint density at radius 3 is 2.52 bits per heavy atom. The van der Waals surface area contributed by atoms with Crippen LogP contribution in [-0.2, 0) is 23.0 Å². The van der Waals surface area contributed by atoms with E-state index in [0.29, 0.717) is 12.2 Å². The molecule has 0 fully saturated rings. The van der Waals surface area contributed by atoms with Gasteiger partial charge >= 0.3 is 0 Å². The molecule has 0 bridgehead atoms. The van der Waals surface area contributed by atoms with Crippen molar-refractivity contribution in [2.75, 3.05) is 15.8 Å². The quantitative estimate of drug-likeness (QED) is 0.784. The maximum Gasteiger partial charge on any atom is 0.235 e. The van der Waals surface area contributed by atoms with Gasteiger partial charge in [0.05, 0.1) is 5.25 Å². The van der Waals surface area contributed by atoms with Gasteiger partial charge in [0.2, 0.25) is 10.0 Å². The number of fused-ring (bicyclic) bond motifs is 1. The highest BCUT2D eigenvalue weighted by molar-refractivity contribution is 7.99. The number of thioether (sulfide) groups is 1. The van der Waals surface area contributed by atoms with E-state index in [4.69, 9.17) is 0 Å². The lowest BCUT2D eigenvalue weighted by molar-refractivity contribution is 0.593. The molecule has 2 aromatic rings. The maximum atomic E-state index is 11.9. The van der Waals surface area contributed by atoms with Crippen LogP contribution in [0.3, 0.4) is 0 Å². The number of anilines is 2. The topological polar surface area (TPSA) is 58.2 Å². The first-order chi connectivity index (χ1) is 11.8.